The molecule has 5 heteroatoms. The smallest absolute Gasteiger partial charge is 0.306 e. The minimum absolute atomic E-state index is 0.117. The van der Waals surface area contributed by atoms with Crippen LogP contribution in [-0.4, -0.2) is 17.6 Å². The van der Waals surface area contributed by atoms with Gasteiger partial charge in [-0.3, -0.25) is 4.79 Å². The Bertz CT molecular complexity index is 479. The zero-order valence-corrected chi connectivity index (χ0v) is 11.2. The van der Waals surface area contributed by atoms with E-state index >= 15 is 0 Å². The van der Waals surface area contributed by atoms with Gasteiger partial charge in [0.1, 0.15) is 0 Å². The molecule has 0 aromatic heterocycles. The first-order valence-corrected chi connectivity index (χ1v) is 6.95. The molecule has 1 aromatic carbocycles. The summed E-state index contributed by atoms with van der Waals surface area (Å²) in [4.78, 5) is 11.2. The SMILES string of the molecule is O=C(O)C1CCCCC1CNCc1ccc(F)c(F)c1. The van der Waals surface area contributed by atoms with Gasteiger partial charge in [0.05, 0.1) is 5.92 Å². The van der Waals surface area contributed by atoms with Crippen molar-refractivity contribution >= 4 is 5.97 Å². The van der Waals surface area contributed by atoms with Gasteiger partial charge in [0.25, 0.3) is 0 Å². The van der Waals surface area contributed by atoms with Crippen molar-refractivity contribution in [3.05, 3.63) is 35.4 Å². The van der Waals surface area contributed by atoms with Crippen molar-refractivity contribution in [3.8, 4) is 0 Å². The summed E-state index contributed by atoms with van der Waals surface area (Å²) in [6, 6.07) is 3.80. The Balaban J connectivity index is 1.85. The molecule has 0 spiro atoms. The fraction of sp³-hybridized carbons (Fsp3) is 0.533. The third-order valence-electron chi connectivity index (χ3n) is 3.95. The summed E-state index contributed by atoms with van der Waals surface area (Å²) in [5.74, 6) is -2.62. The molecule has 110 valence electrons. The molecule has 0 heterocycles. The van der Waals surface area contributed by atoms with Gasteiger partial charge in [0.2, 0.25) is 0 Å². The van der Waals surface area contributed by atoms with Gasteiger partial charge >= 0.3 is 5.97 Å². The van der Waals surface area contributed by atoms with Crippen molar-refractivity contribution in [1.29, 1.82) is 0 Å². The van der Waals surface area contributed by atoms with E-state index < -0.39 is 17.6 Å². The summed E-state index contributed by atoms with van der Waals surface area (Å²) >= 11 is 0. The molecule has 1 aliphatic carbocycles. The van der Waals surface area contributed by atoms with E-state index in [2.05, 4.69) is 5.32 Å². The Morgan fingerprint density at radius 3 is 2.70 bits per heavy atom. The van der Waals surface area contributed by atoms with Gasteiger partial charge in [-0.05, 0) is 43.0 Å². The fourth-order valence-corrected chi connectivity index (χ4v) is 2.83. The van der Waals surface area contributed by atoms with Crippen LogP contribution in [-0.2, 0) is 11.3 Å². The summed E-state index contributed by atoms with van der Waals surface area (Å²) in [5, 5.41) is 12.3. The van der Waals surface area contributed by atoms with Gasteiger partial charge in [-0.25, -0.2) is 8.78 Å². The molecule has 0 radical (unpaired) electrons. The van der Waals surface area contributed by atoms with Crippen LogP contribution in [0.3, 0.4) is 0 Å². The van der Waals surface area contributed by atoms with Gasteiger partial charge < -0.3 is 10.4 Å². The minimum atomic E-state index is -0.856. The standard InChI is InChI=1S/C15H19F2NO2/c16-13-6-5-10(7-14(13)17)8-18-9-11-3-1-2-4-12(11)15(19)20/h5-7,11-12,18H,1-4,8-9H2,(H,19,20). The Hall–Kier alpha value is -1.49. The van der Waals surface area contributed by atoms with E-state index in [1.165, 1.54) is 6.07 Å². The van der Waals surface area contributed by atoms with Crippen LogP contribution in [0.2, 0.25) is 0 Å². The van der Waals surface area contributed by atoms with Gasteiger partial charge in [0.15, 0.2) is 11.6 Å². The van der Waals surface area contributed by atoms with E-state index in [1.54, 1.807) is 0 Å². The monoisotopic (exact) mass is 283 g/mol. The van der Waals surface area contributed by atoms with E-state index in [0.29, 0.717) is 18.7 Å². The number of halogens is 2. The maximum absolute atomic E-state index is 13.0. The number of aliphatic carboxylic acids is 1. The molecule has 20 heavy (non-hydrogen) atoms. The van der Waals surface area contributed by atoms with Crippen LogP contribution in [0.5, 0.6) is 0 Å². The highest BCUT2D eigenvalue weighted by atomic mass is 19.2. The van der Waals surface area contributed by atoms with Crippen LogP contribution < -0.4 is 5.32 Å². The number of carbonyl (C=O) groups is 1. The molecule has 3 nitrogen and oxygen atoms in total. The predicted octanol–water partition coefficient (Wildman–Crippen LogP) is 2.95. The van der Waals surface area contributed by atoms with Crippen LogP contribution in [0.4, 0.5) is 8.78 Å². The van der Waals surface area contributed by atoms with Crippen LogP contribution in [0.1, 0.15) is 31.2 Å². The van der Waals surface area contributed by atoms with Gasteiger partial charge in [0, 0.05) is 6.54 Å². The number of rotatable bonds is 5. The van der Waals surface area contributed by atoms with Gasteiger partial charge in [-0.1, -0.05) is 18.9 Å². The molecule has 1 saturated carbocycles. The van der Waals surface area contributed by atoms with E-state index in [-0.39, 0.29) is 11.8 Å². The molecule has 2 rings (SSSR count). The largest absolute Gasteiger partial charge is 0.481 e. The van der Waals surface area contributed by atoms with Crippen molar-refractivity contribution in [3.63, 3.8) is 0 Å². The minimum Gasteiger partial charge on any atom is -0.481 e. The van der Waals surface area contributed by atoms with Crippen molar-refractivity contribution in [2.75, 3.05) is 6.54 Å². The average molecular weight is 283 g/mol. The van der Waals surface area contributed by atoms with Crippen molar-refractivity contribution in [1.82, 2.24) is 5.32 Å². The maximum Gasteiger partial charge on any atom is 0.306 e. The molecule has 1 aromatic rings. The first kappa shape index (κ1) is 14.9. The second kappa shape index (κ2) is 6.79. The first-order valence-electron chi connectivity index (χ1n) is 6.95. The lowest BCUT2D eigenvalue weighted by Gasteiger charge is -2.28. The third kappa shape index (κ3) is 3.76. The van der Waals surface area contributed by atoms with Crippen LogP contribution in [0.25, 0.3) is 0 Å². The third-order valence-corrected chi connectivity index (χ3v) is 3.95. The molecule has 0 saturated heterocycles. The van der Waals surface area contributed by atoms with Crippen molar-refractivity contribution < 1.29 is 18.7 Å². The number of carboxylic acid groups (broad SMARTS) is 1. The molecule has 0 bridgehead atoms. The van der Waals surface area contributed by atoms with E-state index in [1.807, 2.05) is 0 Å². The normalized spacial score (nSPS) is 22.7. The molecule has 1 aliphatic rings. The van der Waals surface area contributed by atoms with E-state index in [9.17, 15) is 18.7 Å². The fourth-order valence-electron chi connectivity index (χ4n) is 2.83. The predicted molar refractivity (Wildman–Crippen MR) is 71.1 cm³/mol. The van der Waals surface area contributed by atoms with Crippen molar-refractivity contribution in [2.24, 2.45) is 11.8 Å². The quantitative estimate of drug-likeness (QED) is 0.873. The lowest BCUT2D eigenvalue weighted by Crippen LogP contribution is -2.34. The van der Waals surface area contributed by atoms with Crippen LogP contribution in [0.15, 0.2) is 18.2 Å². The van der Waals surface area contributed by atoms with E-state index in [0.717, 1.165) is 37.8 Å². The second-order valence-electron chi connectivity index (χ2n) is 5.37. The highest BCUT2D eigenvalue weighted by Gasteiger charge is 2.30. The highest BCUT2D eigenvalue weighted by molar-refractivity contribution is 5.70. The Morgan fingerprint density at radius 1 is 1.25 bits per heavy atom. The zero-order valence-electron chi connectivity index (χ0n) is 11.2. The Morgan fingerprint density at radius 2 is 2.00 bits per heavy atom. The second-order valence-corrected chi connectivity index (χ2v) is 5.37. The topological polar surface area (TPSA) is 49.3 Å². The van der Waals surface area contributed by atoms with Crippen LogP contribution in [0, 0.1) is 23.5 Å². The average Bonchev–Trinajstić information content (AvgIpc) is 2.43. The van der Waals surface area contributed by atoms with E-state index in [4.69, 9.17) is 0 Å². The molecular weight excluding hydrogens is 264 g/mol. The Labute approximate surface area is 117 Å². The first-order chi connectivity index (χ1) is 9.58. The van der Waals surface area contributed by atoms with Crippen LogP contribution >= 0.6 is 0 Å². The van der Waals surface area contributed by atoms with Crippen molar-refractivity contribution in [2.45, 2.75) is 32.2 Å². The summed E-state index contributed by atoms with van der Waals surface area (Å²) < 4.78 is 25.8. The molecular formula is C15H19F2NO2. The van der Waals surface area contributed by atoms with Gasteiger partial charge in [-0.15, -0.1) is 0 Å². The molecule has 0 aliphatic heterocycles. The number of hydrogen-bond acceptors (Lipinski definition) is 2. The molecule has 2 atom stereocenters. The molecule has 0 amide bonds. The number of carboxylic acids is 1. The lowest BCUT2D eigenvalue weighted by molar-refractivity contribution is -0.144. The summed E-state index contributed by atoms with van der Waals surface area (Å²) in [6.45, 7) is 1.01. The molecule has 2 unspecified atom stereocenters. The number of nitrogens with one attached hydrogen (secondary N) is 1. The number of hydrogen-bond donors (Lipinski definition) is 2. The maximum atomic E-state index is 13.0. The summed E-state index contributed by atoms with van der Waals surface area (Å²) in [7, 11) is 0. The lowest BCUT2D eigenvalue weighted by atomic mass is 9.79. The Kier molecular flexibility index (Phi) is 5.06. The summed E-state index contributed by atoms with van der Waals surface area (Å²) in [5.41, 5.74) is 0.659. The summed E-state index contributed by atoms with van der Waals surface area (Å²) in [6.07, 6.45) is 3.66. The molecule has 2 N–H and O–H groups in total. The van der Waals surface area contributed by atoms with Gasteiger partial charge in [-0.2, -0.15) is 0 Å². The highest BCUT2D eigenvalue weighted by Crippen LogP contribution is 2.29. The number of benzene rings is 1. The molecule has 1 fully saturated rings. The zero-order chi connectivity index (χ0) is 14.5.